The maximum absolute atomic E-state index is 14.0. The largest absolute Gasteiger partial charge is 0.503 e. The maximum atomic E-state index is 14.0. The predicted molar refractivity (Wildman–Crippen MR) is 82.4 cm³/mol. The number of rotatable bonds is 2. The van der Waals surface area contributed by atoms with Gasteiger partial charge in [0.1, 0.15) is 17.3 Å². The SMILES string of the molecule is CC(C)c1nn(C)c2[nH]c(-c3c(F)cccc3F)c(O)c(=O)c12. The van der Waals surface area contributed by atoms with Gasteiger partial charge >= 0.3 is 0 Å². The van der Waals surface area contributed by atoms with Crippen LogP contribution in [0.25, 0.3) is 22.3 Å². The zero-order valence-corrected chi connectivity index (χ0v) is 12.8. The van der Waals surface area contributed by atoms with E-state index in [1.165, 1.54) is 10.7 Å². The van der Waals surface area contributed by atoms with Crippen molar-refractivity contribution in [3.8, 4) is 17.0 Å². The number of aromatic hydroxyl groups is 1. The third-order valence-corrected chi connectivity index (χ3v) is 3.76. The van der Waals surface area contributed by atoms with Gasteiger partial charge in [-0.3, -0.25) is 9.48 Å². The van der Waals surface area contributed by atoms with Gasteiger partial charge in [-0.25, -0.2) is 8.78 Å². The molecule has 0 aliphatic rings. The van der Waals surface area contributed by atoms with Crippen LogP contribution in [0.1, 0.15) is 25.5 Å². The molecule has 0 radical (unpaired) electrons. The van der Waals surface area contributed by atoms with E-state index in [-0.39, 0.29) is 17.0 Å². The van der Waals surface area contributed by atoms with Gasteiger partial charge in [0.05, 0.1) is 22.3 Å². The number of fused-ring (bicyclic) bond motifs is 1. The number of hydrogen-bond donors (Lipinski definition) is 2. The smallest absolute Gasteiger partial charge is 0.235 e. The third kappa shape index (κ3) is 2.19. The van der Waals surface area contributed by atoms with Crippen molar-refractivity contribution < 1.29 is 13.9 Å². The summed E-state index contributed by atoms with van der Waals surface area (Å²) < 4.78 is 29.4. The molecule has 0 amide bonds. The Kier molecular flexibility index (Phi) is 3.43. The minimum absolute atomic E-state index is 0.0461. The van der Waals surface area contributed by atoms with Crippen molar-refractivity contribution in [2.24, 2.45) is 7.05 Å². The molecule has 3 aromatic rings. The zero-order valence-electron chi connectivity index (χ0n) is 12.8. The number of pyridine rings is 1. The predicted octanol–water partition coefficient (Wildman–Crippen LogP) is 3.04. The molecule has 2 aromatic heterocycles. The van der Waals surface area contributed by atoms with Crippen molar-refractivity contribution >= 4 is 11.0 Å². The molecule has 2 heterocycles. The number of aromatic amines is 1. The van der Waals surface area contributed by atoms with Crippen LogP contribution < -0.4 is 5.43 Å². The van der Waals surface area contributed by atoms with Crippen LogP contribution in [0, 0.1) is 11.6 Å². The van der Waals surface area contributed by atoms with Gasteiger partial charge in [0.2, 0.25) is 5.43 Å². The molecule has 5 nitrogen and oxygen atoms in total. The molecule has 7 heteroatoms. The highest BCUT2D eigenvalue weighted by Gasteiger charge is 2.23. The Morgan fingerprint density at radius 1 is 1.26 bits per heavy atom. The van der Waals surface area contributed by atoms with E-state index in [1.807, 2.05) is 13.8 Å². The van der Waals surface area contributed by atoms with E-state index in [4.69, 9.17) is 0 Å². The third-order valence-electron chi connectivity index (χ3n) is 3.76. The highest BCUT2D eigenvalue weighted by atomic mass is 19.1. The van der Waals surface area contributed by atoms with Gasteiger partial charge in [0, 0.05) is 7.05 Å². The molecule has 120 valence electrons. The van der Waals surface area contributed by atoms with E-state index in [1.54, 1.807) is 7.05 Å². The van der Waals surface area contributed by atoms with E-state index in [0.29, 0.717) is 11.3 Å². The highest BCUT2D eigenvalue weighted by molar-refractivity contribution is 5.85. The van der Waals surface area contributed by atoms with Crippen LogP contribution in [0.5, 0.6) is 5.75 Å². The number of H-pyrrole nitrogens is 1. The molecular formula is C16H15F2N3O2. The van der Waals surface area contributed by atoms with E-state index in [9.17, 15) is 18.7 Å². The Labute approximate surface area is 130 Å². The van der Waals surface area contributed by atoms with Crippen LogP contribution in [0.3, 0.4) is 0 Å². The number of nitrogens with zero attached hydrogens (tertiary/aromatic N) is 2. The molecule has 1 aromatic carbocycles. The van der Waals surface area contributed by atoms with Crippen molar-refractivity contribution in [2.75, 3.05) is 0 Å². The summed E-state index contributed by atoms with van der Waals surface area (Å²) in [6.45, 7) is 3.73. The van der Waals surface area contributed by atoms with Crippen molar-refractivity contribution in [2.45, 2.75) is 19.8 Å². The topological polar surface area (TPSA) is 70.9 Å². The highest BCUT2D eigenvalue weighted by Crippen LogP contribution is 2.32. The van der Waals surface area contributed by atoms with Gasteiger partial charge in [0.25, 0.3) is 0 Å². The van der Waals surface area contributed by atoms with Crippen LogP contribution in [0.2, 0.25) is 0 Å². The summed E-state index contributed by atoms with van der Waals surface area (Å²) in [5.41, 5.74) is -0.658. The number of hydrogen-bond acceptors (Lipinski definition) is 3. The molecule has 0 fully saturated rings. The number of aromatic nitrogens is 3. The summed E-state index contributed by atoms with van der Waals surface area (Å²) in [5, 5.41) is 14.7. The van der Waals surface area contributed by atoms with Crippen molar-refractivity contribution in [1.82, 2.24) is 14.8 Å². The quantitative estimate of drug-likeness (QED) is 0.763. The number of benzene rings is 1. The van der Waals surface area contributed by atoms with Gasteiger partial charge in [-0.2, -0.15) is 5.10 Å². The van der Waals surface area contributed by atoms with Crippen molar-refractivity contribution in [1.29, 1.82) is 0 Å². The van der Waals surface area contributed by atoms with Gasteiger partial charge in [-0.1, -0.05) is 19.9 Å². The van der Waals surface area contributed by atoms with Crippen LogP contribution >= 0.6 is 0 Å². The summed E-state index contributed by atoms with van der Waals surface area (Å²) in [6.07, 6.45) is 0. The minimum atomic E-state index is -0.874. The molecule has 0 spiro atoms. The molecule has 0 saturated carbocycles. The fourth-order valence-corrected chi connectivity index (χ4v) is 2.64. The second kappa shape index (κ2) is 5.19. The lowest BCUT2D eigenvalue weighted by Crippen LogP contribution is -2.08. The fourth-order valence-electron chi connectivity index (χ4n) is 2.64. The molecule has 0 aliphatic heterocycles. The summed E-state index contributed by atoms with van der Waals surface area (Å²) in [6, 6.07) is 3.33. The van der Waals surface area contributed by atoms with Crippen molar-refractivity contribution in [3.05, 3.63) is 45.8 Å². The average Bonchev–Trinajstić information content (AvgIpc) is 2.81. The Morgan fingerprint density at radius 3 is 2.43 bits per heavy atom. The lowest BCUT2D eigenvalue weighted by atomic mass is 10.0. The first kappa shape index (κ1) is 15.2. The summed E-state index contributed by atoms with van der Waals surface area (Å²) in [7, 11) is 1.61. The molecule has 0 bridgehead atoms. The van der Waals surface area contributed by atoms with E-state index < -0.39 is 28.4 Å². The standard InChI is InChI=1S/C16H15F2N3O2/c1-7(2)12-11-14(22)15(23)13(19-16(11)21(3)20-12)10-8(17)5-4-6-9(10)18/h4-7,23H,1-3H3,(H,19,22). The first-order chi connectivity index (χ1) is 10.8. The van der Waals surface area contributed by atoms with Crippen molar-refractivity contribution in [3.63, 3.8) is 0 Å². The molecule has 3 rings (SSSR count). The van der Waals surface area contributed by atoms with E-state index in [2.05, 4.69) is 10.1 Å². The Bertz CT molecular complexity index is 953. The number of aryl methyl sites for hydroxylation is 1. The normalized spacial score (nSPS) is 11.6. The minimum Gasteiger partial charge on any atom is -0.503 e. The first-order valence-corrected chi connectivity index (χ1v) is 7.09. The van der Waals surface area contributed by atoms with Crippen LogP contribution in [-0.4, -0.2) is 19.9 Å². The molecule has 0 atom stereocenters. The summed E-state index contributed by atoms with van der Waals surface area (Å²) in [4.78, 5) is 15.3. The lowest BCUT2D eigenvalue weighted by molar-refractivity contribution is 0.469. The summed E-state index contributed by atoms with van der Waals surface area (Å²) in [5.74, 6) is -2.52. The monoisotopic (exact) mass is 319 g/mol. The Morgan fingerprint density at radius 2 is 1.87 bits per heavy atom. The molecule has 0 aliphatic carbocycles. The number of halogens is 2. The summed E-state index contributed by atoms with van der Waals surface area (Å²) >= 11 is 0. The molecule has 0 unspecified atom stereocenters. The van der Waals surface area contributed by atoms with Gasteiger partial charge in [-0.15, -0.1) is 0 Å². The maximum Gasteiger partial charge on any atom is 0.235 e. The van der Waals surface area contributed by atoms with Gasteiger partial charge in [0.15, 0.2) is 5.75 Å². The first-order valence-electron chi connectivity index (χ1n) is 7.09. The van der Waals surface area contributed by atoms with Gasteiger partial charge in [-0.05, 0) is 18.1 Å². The van der Waals surface area contributed by atoms with Gasteiger partial charge < -0.3 is 10.1 Å². The van der Waals surface area contributed by atoms with E-state index >= 15 is 0 Å². The van der Waals surface area contributed by atoms with Crippen LogP contribution in [-0.2, 0) is 7.05 Å². The Hall–Kier alpha value is -2.70. The second-order valence-corrected chi connectivity index (χ2v) is 5.66. The average molecular weight is 319 g/mol. The molecular weight excluding hydrogens is 304 g/mol. The Balaban J connectivity index is 2.44. The molecule has 2 N–H and O–H groups in total. The van der Waals surface area contributed by atoms with Crippen LogP contribution in [0.4, 0.5) is 8.78 Å². The zero-order chi connectivity index (χ0) is 16.9. The van der Waals surface area contributed by atoms with E-state index in [0.717, 1.165) is 12.1 Å². The molecule has 0 saturated heterocycles. The number of nitrogens with one attached hydrogen (secondary N) is 1. The fraction of sp³-hybridized carbons (Fsp3) is 0.250. The molecule has 23 heavy (non-hydrogen) atoms. The lowest BCUT2D eigenvalue weighted by Gasteiger charge is -2.08. The second-order valence-electron chi connectivity index (χ2n) is 5.66. The van der Waals surface area contributed by atoms with Crippen LogP contribution in [0.15, 0.2) is 23.0 Å².